The van der Waals surface area contributed by atoms with Crippen LogP contribution in [0.1, 0.15) is 32.3 Å². The second-order valence-electron chi connectivity index (χ2n) is 5.74. The predicted molar refractivity (Wildman–Crippen MR) is 86.4 cm³/mol. The first-order valence-corrected chi connectivity index (χ1v) is 7.68. The average molecular weight is 306 g/mol. The molecule has 2 unspecified atom stereocenters. The molecule has 0 aromatic heterocycles. The van der Waals surface area contributed by atoms with Crippen LogP contribution < -0.4 is 5.32 Å². The highest BCUT2D eigenvalue weighted by Gasteiger charge is 2.25. The van der Waals surface area contributed by atoms with Crippen molar-refractivity contribution in [3.05, 3.63) is 35.9 Å². The molecule has 0 aliphatic heterocycles. The Labute approximate surface area is 132 Å². The van der Waals surface area contributed by atoms with Gasteiger partial charge >= 0.3 is 5.97 Å². The lowest BCUT2D eigenvalue weighted by molar-refractivity contribution is -0.143. The lowest BCUT2D eigenvalue weighted by Gasteiger charge is -2.21. The standard InChI is InChI=1S/C17H26N2O3/c1-4-13(2)16(17(21)22)18-15(20)10-11-19(3)12-14-8-6-5-7-9-14/h5-9,13,16H,4,10-12H2,1-3H3,(H,18,20)(H,21,22). The molecule has 0 heterocycles. The van der Waals surface area contributed by atoms with E-state index >= 15 is 0 Å². The Morgan fingerprint density at radius 2 is 1.91 bits per heavy atom. The summed E-state index contributed by atoms with van der Waals surface area (Å²) >= 11 is 0. The number of carbonyl (C=O) groups excluding carboxylic acids is 1. The smallest absolute Gasteiger partial charge is 0.326 e. The van der Waals surface area contributed by atoms with Gasteiger partial charge in [-0.15, -0.1) is 0 Å². The highest BCUT2D eigenvalue weighted by Crippen LogP contribution is 2.08. The number of nitrogens with zero attached hydrogens (tertiary/aromatic N) is 1. The molecule has 2 N–H and O–H groups in total. The van der Waals surface area contributed by atoms with Gasteiger partial charge in [0.15, 0.2) is 0 Å². The first-order chi connectivity index (χ1) is 10.4. The molecule has 5 heteroatoms. The van der Waals surface area contributed by atoms with E-state index in [2.05, 4.69) is 5.32 Å². The number of amides is 1. The Hall–Kier alpha value is -1.88. The molecule has 1 aromatic rings. The summed E-state index contributed by atoms with van der Waals surface area (Å²) in [4.78, 5) is 25.2. The Bertz CT molecular complexity index is 476. The fourth-order valence-electron chi connectivity index (χ4n) is 2.20. The lowest BCUT2D eigenvalue weighted by Crippen LogP contribution is -2.45. The van der Waals surface area contributed by atoms with Crippen LogP contribution >= 0.6 is 0 Å². The quantitative estimate of drug-likeness (QED) is 0.733. The van der Waals surface area contributed by atoms with Gasteiger partial charge in [0.1, 0.15) is 6.04 Å². The molecule has 122 valence electrons. The average Bonchev–Trinajstić information content (AvgIpc) is 2.50. The van der Waals surface area contributed by atoms with Gasteiger partial charge in [-0.05, 0) is 18.5 Å². The molecule has 1 amide bonds. The second-order valence-corrected chi connectivity index (χ2v) is 5.74. The number of benzene rings is 1. The van der Waals surface area contributed by atoms with Crippen molar-refractivity contribution in [1.82, 2.24) is 10.2 Å². The number of hydrogen-bond acceptors (Lipinski definition) is 3. The van der Waals surface area contributed by atoms with Crippen molar-refractivity contribution in [1.29, 1.82) is 0 Å². The van der Waals surface area contributed by atoms with E-state index in [9.17, 15) is 14.7 Å². The largest absolute Gasteiger partial charge is 0.480 e. The minimum absolute atomic E-state index is 0.0801. The lowest BCUT2D eigenvalue weighted by atomic mass is 9.99. The fourth-order valence-corrected chi connectivity index (χ4v) is 2.20. The zero-order chi connectivity index (χ0) is 16.5. The summed E-state index contributed by atoms with van der Waals surface area (Å²) in [6.07, 6.45) is 1.01. The summed E-state index contributed by atoms with van der Waals surface area (Å²) in [6, 6.07) is 9.22. The monoisotopic (exact) mass is 306 g/mol. The van der Waals surface area contributed by atoms with Gasteiger partial charge in [-0.25, -0.2) is 4.79 Å². The summed E-state index contributed by atoms with van der Waals surface area (Å²) in [7, 11) is 1.95. The number of aliphatic carboxylic acids is 1. The molecule has 5 nitrogen and oxygen atoms in total. The summed E-state index contributed by atoms with van der Waals surface area (Å²) in [6.45, 7) is 5.11. The minimum Gasteiger partial charge on any atom is -0.480 e. The van der Waals surface area contributed by atoms with Crippen molar-refractivity contribution >= 4 is 11.9 Å². The van der Waals surface area contributed by atoms with Gasteiger partial charge < -0.3 is 15.3 Å². The highest BCUT2D eigenvalue weighted by molar-refractivity contribution is 5.83. The van der Waals surface area contributed by atoms with Gasteiger partial charge in [0, 0.05) is 19.5 Å². The molecular formula is C17H26N2O3. The van der Waals surface area contributed by atoms with E-state index in [1.807, 2.05) is 56.1 Å². The van der Waals surface area contributed by atoms with Crippen LogP contribution in [0.4, 0.5) is 0 Å². The maximum Gasteiger partial charge on any atom is 0.326 e. The molecular weight excluding hydrogens is 280 g/mol. The first kappa shape index (κ1) is 18.2. The normalized spacial score (nSPS) is 13.6. The number of carboxylic acids is 1. The van der Waals surface area contributed by atoms with Crippen LogP contribution in [0.5, 0.6) is 0 Å². The Morgan fingerprint density at radius 3 is 2.45 bits per heavy atom. The van der Waals surface area contributed by atoms with Gasteiger partial charge in [-0.3, -0.25) is 4.79 Å². The summed E-state index contributed by atoms with van der Waals surface area (Å²) in [5.41, 5.74) is 1.19. The maximum absolute atomic E-state index is 11.9. The fraction of sp³-hybridized carbons (Fsp3) is 0.529. The van der Waals surface area contributed by atoms with Crippen LogP contribution in [-0.4, -0.2) is 41.5 Å². The third-order valence-corrected chi connectivity index (χ3v) is 3.81. The van der Waals surface area contributed by atoms with Crippen LogP contribution in [-0.2, 0) is 16.1 Å². The number of carbonyl (C=O) groups is 2. The third kappa shape index (κ3) is 6.26. The molecule has 0 fully saturated rings. The topological polar surface area (TPSA) is 69.6 Å². The molecule has 22 heavy (non-hydrogen) atoms. The number of rotatable bonds is 9. The zero-order valence-corrected chi connectivity index (χ0v) is 13.6. The van der Waals surface area contributed by atoms with Crippen molar-refractivity contribution < 1.29 is 14.7 Å². The van der Waals surface area contributed by atoms with Crippen LogP contribution in [0, 0.1) is 5.92 Å². The molecule has 0 bridgehead atoms. The van der Waals surface area contributed by atoms with Crippen LogP contribution in [0.2, 0.25) is 0 Å². The molecule has 0 saturated carbocycles. The van der Waals surface area contributed by atoms with Crippen molar-refractivity contribution in [2.24, 2.45) is 5.92 Å². The van der Waals surface area contributed by atoms with Crippen molar-refractivity contribution in [2.45, 2.75) is 39.3 Å². The highest BCUT2D eigenvalue weighted by atomic mass is 16.4. The van der Waals surface area contributed by atoms with E-state index in [1.165, 1.54) is 5.56 Å². The predicted octanol–water partition coefficient (Wildman–Crippen LogP) is 2.12. The van der Waals surface area contributed by atoms with E-state index in [0.29, 0.717) is 19.4 Å². The third-order valence-electron chi connectivity index (χ3n) is 3.81. The van der Waals surface area contributed by atoms with Crippen LogP contribution in [0.15, 0.2) is 30.3 Å². The van der Waals surface area contributed by atoms with E-state index in [4.69, 9.17) is 0 Å². The van der Waals surface area contributed by atoms with Gasteiger partial charge in [0.25, 0.3) is 0 Å². The van der Waals surface area contributed by atoms with Gasteiger partial charge in [-0.1, -0.05) is 50.6 Å². The maximum atomic E-state index is 11.9. The van der Waals surface area contributed by atoms with E-state index < -0.39 is 12.0 Å². The van der Waals surface area contributed by atoms with Crippen molar-refractivity contribution in [3.63, 3.8) is 0 Å². The Balaban J connectivity index is 2.40. The molecule has 0 saturated heterocycles. The number of nitrogens with one attached hydrogen (secondary N) is 1. The Morgan fingerprint density at radius 1 is 1.27 bits per heavy atom. The summed E-state index contributed by atoms with van der Waals surface area (Å²) in [5.74, 6) is -1.27. The Kier molecular flexibility index (Phi) is 7.60. The van der Waals surface area contributed by atoms with Gasteiger partial charge in [-0.2, -0.15) is 0 Å². The van der Waals surface area contributed by atoms with Crippen molar-refractivity contribution in [3.8, 4) is 0 Å². The van der Waals surface area contributed by atoms with Gasteiger partial charge in [0.2, 0.25) is 5.91 Å². The SMILES string of the molecule is CCC(C)C(NC(=O)CCN(C)Cc1ccccc1)C(=O)O. The van der Waals surface area contributed by atoms with Crippen LogP contribution in [0.25, 0.3) is 0 Å². The van der Waals surface area contributed by atoms with Gasteiger partial charge in [0.05, 0.1) is 0 Å². The molecule has 2 atom stereocenters. The summed E-state index contributed by atoms with van der Waals surface area (Å²) < 4.78 is 0. The van der Waals surface area contributed by atoms with Crippen molar-refractivity contribution in [2.75, 3.05) is 13.6 Å². The van der Waals surface area contributed by atoms with E-state index in [1.54, 1.807) is 0 Å². The molecule has 0 radical (unpaired) electrons. The zero-order valence-electron chi connectivity index (χ0n) is 13.6. The first-order valence-electron chi connectivity index (χ1n) is 7.68. The van der Waals surface area contributed by atoms with E-state index in [0.717, 1.165) is 6.54 Å². The second kappa shape index (κ2) is 9.20. The molecule has 0 spiro atoms. The van der Waals surface area contributed by atoms with E-state index in [-0.39, 0.29) is 11.8 Å². The van der Waals surface area contributed by atoms with Crippen LogP contribution in [0.3, 0.4) is 0 Å². The number of hydrogen-bond donors (Lipinski definition) is 2. The minimum atomic E-state index is -0.972. The molecule has 0 aliphatic rings. The molecule has 1 rings (SSSR count). The molecule has 1 aromatic carbocycles. The number of carboxylic acid groups (broad SMARTS) is 1. The summed E-state index contributed by atoms with van der Waals surface area (Å²) in [5, 5.41) is 11.8. The molecule has 0 aliphatic carbocycles.